The number of rotatable bonds is 4. The Morgan fingerprint density at radius 2 is 2.05 bits per heavy atom. The van der Waals surface area contributed by atoms with Crippen LogP contribution in [0, 0.1) is 0 Å². The van der Waals surface area contributed by atoms with Crippen molar-refractivity contribution in [2.45, 2.75) is 0 Å². The van der Waals surface area contributed by atoms with Gasteiger partial charge < -0.3 is 4.74 Å². The van der Waals surface area contributed by atoms with Gasteiger partial charge in [0, 0.05) is 12.1 Å². The lowest BCUT2D eigenvalue weighted by molar-refractivity contribution is -0.111. The molecule has 110 valence electrons. The highest BCUT2D eigenvalue weighted by atomic mass is 32.1. The summed E-state index contributed by atoms with van der Waals surface area (Å²) < 4.78 is 6.17. The first-order valence-corrected chi connectivity index (χ1v) is 7.55. The quantitative estimate of drug-likeness (QED) is 0.742. The number of carbonyl (C=O) groups excluding carboxylic acids is 1. The number of anilines is 1. The number of nitrogens with zero attached hydrogens (tertiary/aromatic N) is 1. The van der Waals surface area contributed by atoms with Crippen LogP contribution in [0.1, 0.15) is 5.56 Å². The molecule has 0 aliphatic heterocycles. The summed E-state index contributed by atoms with van der Waals surface area (Å²) in [5.41, 5.74) is 1.79. The number of methoxy groups -OCH3 is 1. The molecule has 22 heavy (non-hydrogen) atoms. The van der Waals surface area contributed by atoms with Crippen molar-refractivity contribution in [1.82, 2.24) is 4.98 Å². The van der Waals surface area contributed by atoms with Crippen molar-refractivity contribution in [2.24, 2.45) is 0 Å². The highest BCUT2D eigenvalue weighted by Gasteiger charge is 2.06. The summed E-state index contributed by atoms with van der Waals surface area (Å²) in [5, 5.41) is 3.35. The van der Waals surface area contributed by atoms with Crippen LogP contribution >= 0.6 is 11.3 Å². The van der Waals surface area contributed by atoms with Crippen molar-refractivity contribution >= 4 is 38.7 Å². The Labute approximate surface area is 132 Å². The van der Waals surface area contributed by atoms with E-state index in [0.717, 1.165) is 21.5 Å². The smallest absolute Gasteiger partial charge is 0.250 e. The van der Waals surface area contributed by atoms with E-state index in [-0.39, 0.29) is 5.91 Å². The number of nitrogens with one attached hydrogen (secondary N) is 1. The molecular formula is C17H14N2O2S. The minimum atomic E-state index is -0.199. The van der Waals surface area contributed by atoms with Crippen LogP contribution in [0.15, 0.2) is 54.6 Å². The van der Waals surface area contributed by atoms with Crippen LogP contribution < -0.4 is 10.1 Å². The molecule has 1 amide bonds. The molecule has 0 aliphatic rings. The van der Waals surface area contributed by atoms with E-state index in [4.69, 9.17) is 4.74 Å². The maximum absolute atomic E-state index is 11.9. The van der Waals surface area contributed by atoms with Gasteiger partial charge in [0.15, 0.2) is 5.13 Å². The molecule has 0 fully saturated rings. The van der Waals surface area contributed by atoms with E-state index in [2.05, 4.69) is 10.3 Å². The van der Waals surface area contributed by atoms with Gasteiger partial charge in [-0.25, -0.2) is 4.98 Å². The average molecular weight is 310 g/mol. The number of aromatic nitrogens is 1. The largest absolute Gasteiger partial charge is 0.497 e. The Bertz CT molecular complexity index is 825. The molecule has 1 aromatic heterocycles. The third kappa shape index (κ3) is 3.32. The van der Waals surface area contributed by atoms with Crippen LogP contribution in [0.2, 0.25) is 0 Å². The number of hydrogen-bond donors (Lipinski definition) is 1. The van der Waals surface area contributed by atoms with Gasteiger partial charge in [0.1, 0.15) is 5.75 Å². The third-order valence-corrected chi connectivity index (χ3v) is 4.00. The molecule has 0 saturated carbocycles. The maximum Gasteiger partial charge on any atom is 0.250 e. The van der Waals surface area contributed by atoms with Crippen molar-refractivity contribution < 1.29 is 9.53 Å². The minimum absolute atomic E-state index is 0.199. The Hall–Kier alpha value is -2.66. The lowest BCUT2D eigenvalue weighted by Crippen LogP contribution is -2.07. The normalized spacial score (nSPS) is 11.0. The van der Waals surface area contributed by atoms with E-state index in [0.29, 0.717) is 5.13 Å². The molecule has 1 N–H and O–H groups in total. The second-order valence-corrected chi connectivity index (χ2v) is 5.62. The van der Waals surface area contributed by atoms with Crippen LogP contribution in [0.3, 0.4) is 0 Å². The van der Waals surface area contributed by atoms with Crippen molar-refractivity contribution in [3.63, 3.8) is 0 Å². The van der Waals surface area contributed by atoms with E-state index in [1.54, 1.807) is 13.2 Å². The number of fused-ring (bicyclic) bond motifs is 1. The summed E-state index contributed by atoms with van der Waals surface area (Å²) >= 11 is 1.43. The standard InChI is InChI=1S/C17H14N2O2S/c1-21-13-8-9-15-14(11-13)18-17(22-15)19-16(20)10-7-12-5-3-2-4-6-12/h2-11H,1H3,(H,18,19,20)/b10-7-. The molecule has 5 heteroatoms. The predicted molar refractivity (Wildman–Crippen MR) is 90.3 cm³/mol. The molecule has 2 aromatic carbocycles. The van der Waals surface area contributed by atoms with Crippen LogP contribution in [0.4, 0.5) is 5.13 Å². The maximum atomic E-state index is 11.9. The van der Waals surface area contributed by atoms with Gasteiger partial charge in [-0.05, 0) is 23.8 Å². The highest BCUT2D eigenvalue weighted by Crippen LogP contribution is 2.28. The van der Waals surface area contributed by atoms with E-state index in [9.17, 15) is 4.79 Å². The Balaban J connectivity index is 1.72. The Kier molecular flexibility index (Phi) is 4.16. The van der Waals surface area contributed by atoms with Crippen molar-refractivity contribution in [3.8, 4) is 5.75 Å². The number of amides is 1. The highest BCUT2D eigenvalue weighted by molar-refractivity contribution is 7.22. The molecule has 4 nitrogen and oxygen atoms in total. The summed E-state index contributed by atoms with van der Waals surface area (Å²) in [6.07, 6.45) is 3.27. The molecule has 0 spiro atoms. The predicted octanol–water partition coefficient (Wildman–Crippen LogP) is 3.96. The molecule has 0 aliphatic carbocycles. The van der Waals surface area contributed by atoms with E-state index >= 15 is 0 Å². The second-order valence-electron chi connectivity index (χ2n) is 4.59. The summed E-state index contributed by atoms with van der Waals surface area (Å²) in [4.78, 5) is 16.3. The SMILES string of the molecule is COc1ccc2sc(NC(=O)/C=C\c3ccccc3)nc2c1. The number of thiazole rings is 1. The summed E-state index contributed by atoms with van der Waals surface area (Å²) in [6, 6.07) is 15.3. The first kappa shape index (κ1) is 14.3. The van der Waals surface area contributed by atoms with Crippen LogP contribution in [0.5, 0.6) is 5.75 Å². The second kappa shape index (κ2) is 6.41. The minimum Gasteiger partial charge on any atom is -0.497 e. The van der Waals surface area contributed by atoms with Crippen LogP contribution in [-0.4, -0.2) is 18.0 Å². The number of hydrogen-bond acceptors (Lipinski definition) is 4. The first-order valence-electron chi connectivity index (χ1n) is 6.73. The van der Waals surface area contributed by atoms with Gasteiger partial charge in [-0.15, -0.1) is 0 Å². The number of ether oxygens (including phenoxy) is 1. The Morgan fingerprint density at radius 1 is 1.23 bits per heavy atom. The molecule has 0 atom stereocenters. The number of benzene rings is 2. The number of carbonyl (C=O) groups is 1. The van der Waals surface area contributed by atoms with Gasteiger partial charge in [0.25, 0.3) is 0 Å². The van der Waals surface area contributed by atoms with E-state index in [1.807, 2.05) is 48.5 Å². The zero-order valence-electron chi connectivity index (χ0n) is 11.9. The molecule has 0 radical (unpaired) electrons. The molecular weight excluding hydrogens is 296 g/mol. The van der Waals surface area contributed by atoms with Gasteiger partial charge in [-0.3, -0.25) is 10.1 Å². The van der Waals surface area contributed by atoms with Gasteiger partial charge in [0.2, 0.25) is 5.91 Å². The fraction of sp³-hybridized carbons (Fsp3) is 0.0588. The fourth-order valence-electron chi connectivity index (χ4n) is 1.97. The molecule has 3 aromatic rings. The molecule has 0 bridgehead atoms. The summed E-state index contributed by atoms with van der Waals surface area (Å²) in [7, 11) is 1.62. The lowest BCUT2D eigenvalue weighted by atomic mass is 10.2. The van der Waals surface area contributed by atoms with Crippen molar-refractivity contribution in [2.75, 3.05) is 12.4 Å². The van der Waals surface area contributed by atoms with E-state index in [1.165, 1.54) is 17.4 Å². The van der Waals surface area contributed by atoms with Gasteiger partial charge >= 0.3 is 0 Å². The monoisotopic (exact) mass is 310 g/mol. The molecule has 3 rings (SSSR count). The fourth-order valence-corrected chi connectivity index (χ4v) is 2.82. The Morgan fingerprint density at radius 3 is 2.82 bits per heavy atom. The molecule has 0 unspecified atom stereocenters. The average Bonchev–Trinajstić information content (AvgIpc) is 2.95. The first-order chi connectivity index (χ1) is 10.7. The van der Waals surface area contributed by atoms with Crippen LogP contribution in [-0.2, 0) is 4.79 Å². The van der Waals surface area contributed by atoms with Gasteiger partial charge in [-0.1, -0.05) is 41.7 Å². The van der Waals surface area contributed by atoms with Gasteiger partial charge in [-0.2, -0.15) is 0 Å². The van der Waals surface area contributed by atoms with Crippen molar-refractivity contribution in [3.05, 3.63) is 60.2 Å². The lowest BCUT2D eigenvalue weighted by Gasteiger charge is -1.96. The molecule has 1 heterocycles. The zero-order valence-corrected chi connectivity index (χ0v) is 12.8. The molecule has 0 saturated heterocycles. The van der Waals surface area contributed by atoms with E-state index < -0.39 is 0 Å². The topological polar surface area (TPSA) is 51.2 Å². The third-order valence-electron chi connectivity index (χ3n) is 3.05. The van der Waals surface area contributed by atoms with Crippen molar-refractivity contribution in [1.29, 1.82) is 0 Å². The summed E-state index contributed by atoms with van der Waals surface area (Å²) in [6.45, 7) is 0. The van der Waals surface area contributed by atoms with Gasteiger partial charge in [0.05, 0.1) is 17.3 Å². The summed E-state index contributed by atoms with van der Waals surface area (Å²) in [5.74, 6) is 0.550. The van der Waals surface area contributed by atoms with Crippen LogP contribution in [0.25, 0.3) is 16.3 Å². The zero-order chi connectivity index (χ0) is 15.4.